The number of rotatable bonds is 1. The second-order valence-corrected chi connectivity index (χ2v) is 6.17. The Morgan fingerprint density at radius 1 is 1.33 bits per heavy atom. The van der Waals surface area contributed by atoms with Crippen LogP contribution in [0.3, 0.4) is 0 Å². The predicted octanol–water partition coefficient (Wildman–Crippen LogP) is 2.20. The average molecular weight is 257 g/mol. The molecule has 0 radical (unpaired) electrons. The van der Waals surface area contributed by atoms with Gasteiger partial charge in [0, 0.05) is 6.54 Å². The van der Waals surface area contributed by atoms with Crippen LogP contribution >= 0.6 is 0 Å². The third-order valence-electron chi connectivity index (χ3n) is 3.07. The number of likely N-dealkylation sites (tertiary alicyclic amines) is 1. The number of nitrogens with zero attached hydrogens (tertiary/aromatic N) is 1. The Kier molecular flexibility index (Phi) is 3.93. The number of amides is 1. The zero-order chi connectivity index (χ0) is 14.1. The van der Waals surface area contributed by atoms with Crippen molar-refractivity contribution in [3.8, 4) is 0 Å². The van der Waals surface area contributed by atoms with E-state index in [0.29, 0.717) is 13.0 Å². The first-order chi connectivity index (χ1) is 8.10. The van der Waals surface area contributed by atoms with Gasteiger partial charge in [-0.2, -0.15) is 0 Å². The highest BCUT2D eigenvalue weighted by Crippen LogP contribution is 2.35. The summed E-state index contributed by atoms with van der Waals surface area (Å²) < 4.78 is 10.1. The molecule has 1 rings (SSSR count). The number of carbonyl (C=O) groups is 2. The fourth-order valence-electron chi connectivity index (χ4n) is 2.37. The van der Waals surface area contributed by atoms with Crippen molar-refractivity contribution >= 4 is 12.1 Å². The highest BCUT2D eigenvalue weighted by Gasteiger charge is 2.50. The molecule has 0 saturated carbocycles. The van der Waals surface area contributed by atoms with Crippen molar-refractivity contribution in [3.63, 3.8) is 0 Å². The van der Waals surface area contributed by atoms with Crippen LogP contribution in [0.15, 0.2) is 0 Å². The van der Waals surface area contributed by atoms with Gasteiger partial charge in [0.1, 0.15) is 11.1 Å². The van der Waals surface area contributed by atoms with Crippen LogP contribution in [0, 0.1) is 5.92 Å². The van der Waals surface area contributed by atoms with Crippen LogP contribution < -0.4 is 0 Å². The Labute approximate surface area is 108 Å². The molecule has 1 aliphatic rings. The Bertz CT molecular complexity index is 347. The second-order valence-electron chi connectivity index (χ2n) is 6.17. The van der Waals surface area contributed by atoms with Crippen LogP contribution in [0.1, 0.15) is 41.0 Å². The minimum absolute atomic E-state index is 0.251. The molecule has 1 aliphatic heterocycles. The van der Waals surface area contributed by atoms with E-state index in [1.165, 1.54) is 12.0 Å². The van der Waals surface area contributed by atoms with Crippen LogP contribution in [0.4, 0.5) is 4.79 Å². The first-order valence-corrected chi connectivity index (χ1v) is 6.19. The maximum absolute atomic E-state index is 12.1. The van der Waals surface area contributed by atoms with E-state index in [1.807, 2.05) is 6.92 Å². The zero-order valence-electron chi connectivity index (χ0n) is 12.1. The summed E-state index contributed by atoms with van der Waals surface area (Å²) in [6.45, 7) is 9.66. The highest BCUT2D eigenvalue weighted by atomic mass is 16.6. The highest BCUT2D eigenvalue weighted by molar-refractivity contribution is 5.86. The standard InChI is InChI=1S/C13H23NO4/c1-9-7-13(5,10(15)17-6)14(8-9)11(16)18-12(2,3)4/h9H,7-8H2,1-6H3/t9-,13-/m1/s1. The van der Waals surface area contributed by atoms with Crippen molar-refractivity contribution in [3.05, 3.63) is 0 Å². The molecule has 2 atom stereocenters. The summed E-state index contributed by atoms with van der Waals surface area (Å²) in [6.07, 6.45) is 0.138. The maximum Gasteiger partial charge on any atom is 0.411 e. The monoisotopic (exact) mass is 257 g/mol. The van der Waals surface area contributed by atoms with E-state index in [0.717, 1.165) is 0 Å². The lowest BCUT2D eigenvalue weighted by atomic mass is 9.95. The SMILES string of the molecule is COC(=O)[C@@]1(C)C[C@@H](C)CN1C(=O)OC(C)(C)C. The topological polar surface area (TPSA) is 55.8 Å². The molecule has 0 aliphatic carbocycles. The molecule has 0 aromatic rings. The van der Waals surface area contributed by atoms with Gasteiger partial charge >= 0.3 is 12.1 Å². The number of carbonyl (C=O) groups excluding carboxylic acids is 2. The van der Waals surface area contributed by atoms with Gasteiger partial charge in [-0.05, 0) is 40.0 Å². The van der Waals surface area contributed by atoms with E-state index in [2.05, 4.69) is 0 Å². The number of methoxy groups -OCH3 is 1. The number of esters is 1. The molecule has 1 fully saturated rings. The first kappa shape index (κ1) is 14.8. The van der Waals surface area contributed by atoms with Gasteiger partial charge < -0.3 is 9.47 Å². The van der Waals surface area contributed by atoms with Crippen molar-refractivity contribution < 1.29 is 19.1 Å². The van der Waals surface area contributed by atoms with E-state index in [4.69, 9.17) is 9.47 Å². The Hall–Kier alpha value is -1.26. The van der Waals surface area contributed by atoms with Gasteiger partial charge in [0.25, 0.3) is 0 Å². The second kappa shape index (κ2) is 4.78. The molecule has 0 spiro atoms. The van der Waals surface area contributed by atoms with Gasteiger partial charge in [-0.1, -0.05) is 6.92 Å². The third-order valence-corrected chi connectivity index (χ3v) is 3.07. The molecule has 1 saturated heterocycles. The molecule has 18 heavy (non-hydrogen) atoms. The number of hydrogen-bond donors (Lipinski definition) is 0. The molecular formula is C13H23NO4. The van der Waals surface area contributed by atoms with Gasteiger partial charge in [-0.15, -0.1) is 0 Å². The van der Waals surface area contributed by atoms with Crippen molar-refractivity contribution in [2.75, 3.05) is 13.7 Å². The largest absolute Gasteiger partial charge is 0.467 e. The molecule has 0 unspecified atom stereocenters. The molecule has 5 nitrogen and oxygen atoms in total. The van der Waals surface area contributed by atoms with Gasteiger partial charge in [-0.3, -0.25) is 4.90 Å². The molecule has 1 amide bonds. The summed E-state index contributed by atoms with van der Waals surface area (Å²) in [5, 5.41) is 0. The van der Waals surface area contributed by atoms with Crippen molar-refractivity contribution in [2.24, 2.45) is 5.92 Å². The van der Waals surface area contributed by atoms with Crippen molar-refractivity contribution in [1.29, 1.82) is 0 Å². The van der Waals surface area contributed by atoms with Crippen molar-refractivity contribution in [2.45, 2.75) is 52.2 Å². The number of ether oxygens (including phenoxy) is 2. The fraction of sp³-hybridized carbons (Fsp3) is 0.846. The van der Waals surface area contributed by atoms with E-state index in [-0.39, 0.29) is 5.92 Å². The zero-order valence-corrected chi connectivity index (χ0v) is 12.1. The van der Waals surface area contributed by atoms with Crippen LogP contribution in [-0.2, 0) is 14.3 Å². The van der Waals surface area contributed by atoms with E-state index >= 15 is 0 Å². The van der Waals surface area contributed by atoms with Gasteiger partial charge in [0.05, 0.1) is 7.11 Å². The van der Waals surface area contributed by atoms with Gasteiger partial charge in [-0.25, -0.2) is 9.59 Å². The quantitative estimate of drug-likeness (QED) is 0.676. The smallest absolute Gasteiger partial charge is 0.411 e. The van der Waals surface area contributed by atoms with E-state index in [1.54, 1.807) is 27.7 Å². The predicted molar refractivity (Wildman–Crippen MR) is 67.1 cm³/mol. The summed E-state index contributed by atoms with van der Waals surface area (Å²) in [5.41, 5.74) is -1.49. The fourth-order valence-corrected chi connectivity index (χ4v) is 2.37. The lowest BCUT2D eigenvalue weighted by molar-refractivity contribution is -0.152. The van der Waals surface area contributed by atoms with E-state index in [9.17, 15) is 9.59 Å². The summed E-state index contributed by atoms with van der Waals surface area (Å²) in [5.74, 6) is -0.140. The molecule has 1 heterocycles. The summed E-state index contributed by atoms with van der Waals surface area (Å²) in [7, 11) is 1.34. The molecule has 0 bridgehead atoms. The molecule has 5 heteroatoms. The van der Waals surface area contributed by atoms with Crippen LogP contribution in [-0.4, -0.2) is 41.8 Å². The maximum atomic E-state index is 12.1. The molecular weight excluding hydrogens is 234 g/mol. The van der Waals surface area contributed by atoms with Crippen molar-refractivity contribution in [1.82, 2.24) is 4.90 Å². The summed E-state index contributed by atoms with van der Waals surface area (Å²) in [4.78, 5) is 25.5. The lowest BCUT2D eigenvalue weighted by Gasteiger charge is -2.33. The van der Waals surface area contributed by atoms with Crippen LogP contribution in [0.5, 0.6) is 0 Å². The normalized spacial score (nSPS) is 28.1. The molecule has 0 aromatic carbocycles. The molecule has 104 valence electrons. The lowest BCUT2D eigenvalue weighted by Crippen LogP contribution is -2.52. The minimum Gasteiger partial charge on any atom is -0.467 e. The van der Waals surface area contributed by atoms with Gasteiger partial charge in [0.15, 0.2) is 0 Å². The first-order valence-electron chi connectivity index (χ1n) is 6.19. The number of hydrogen-bond acceptors (Lipinski definition) is 4. The summed E-state index contributed by atoms with van der Waals surface area (Å²) >= 11 is 0. The Morgan fingerprint density at radius 3 is 2.33 bits per heavy atom. The Morgan fingerprint density at radius 2 is 1.89 bits per heavy atom. The summed E-state index contributed by atoms with van der Waals surface area (Å²) in [6, 6.07) is 0. The average Bonchev–Trinajstić information content (AvgIpc) is 2.51. The minimum atomic E-state index is -0.920. The molecule has 0 N–H and O–H groups in total. The molecule has 0 aromatic heterocycles. The van der Waals surface area contributed by atoms with Gasteiger partial charge in [0.2, 0.25) is 0 Å². The van der Waals surface area contributed by atoms with Crippen LogP contribution in [0.2, 0.25) is 0 Å². The van der Waals surface area contributed by atoms with E-state index < -0.39 is 23.2 Å². The Balaban J connectivity index is 2.92. The van der Waals surface area contributed by atoms with Crippen LogP contribution in [0.25, 0.3) is 0 Å². The third kappa shape index (κ3) is 2.94.